The second-order valence-electron chi connectivity index (χ2n) is 6.33. The molecule has 0 spiro atoms. The summed E-state index contributed by atoms with van der Waals surface area (Å²) in [4.78, 5) is 17.3. The maximum atomic E-state index is 13.1. The van der Waals surface area contributed by atoms with Crippen LogP contribution in [0.2, 0.25) is 0 Å². The van der Waals surface area contributed by atoms with Gasteiger partial charge in [-0.3, -0.25) is 4.79 Å². The summed E-state index contributed by atoms with van der Waals surface area (Å²) in [5.74, 6) is 0.470. The van der Waals surface area contributed by atoms with E-state index in [1.807, 2.05) is 68.4 Å². The minimum atomic E-state index is -0.335. The van der Waals surface area contributed by atoms with E-state index in [9.17, 15) is 4.79 Å². The molecule has 1 aliphatic rings. The van der Waals surface area contributed by atoms with Crippen molar-refractivity contribution >= 4 is 17.5 Å². The molecule has 6 heteroatoms. The van der Waals surface area contributed by atoms with E-state index in [4.69, 9.17) is 0 Å². The van der Waals surface area contributed by atoms with Crippen LogP contribution in [-0.4, -0.2) is 20.7 Å². The van der Waals surface area contributed by atoms with Crippen LogP contribution in [0.15, 0.2) is 72.2 Å². The molecule has 1 aromatic heterocycles. The van der Waals surface area contributed by atoms with Gasteiger partial charge in [0.1, 0.15) is 12.4 Å². The van der Waals surface area contributed by atoms with Gasteiger partial charge in [-0.25, -0.2) is 4.68 Å². The van der Waals surface area contributed by atoms with Crippen LogP contribution in [0.4, 0.5) is 11.6 Å². The van der Waals surface area contributed by atoms with Crippen molar-refractivity contribution in [3.8, 4) is 0 Å². The molecule has 2 aromatic carbocycles. The predicted molar refractivity (Wildman–Crippen MR) is 101 cm³/mol. The number of anilines is 2. The fourth-order valence-corrected chi connectivity index (χ4v) is 3.16. The summed E-state index contributed by atoms with van der Waals surface area (Å²) in [6, 6.07) is 17.2. The van der Waals surface area contributed by atoms with Crippen molar-refractivity contribution in [2.75, 3.05) is 10.6 Å². The van der Waals surface area contributed by atoms with Crippen molar-refractivity contribution in [1.82, 2.24) is 14.8 Å². The van der Waals surface area contributed by atoms with Crippen molar-refractivity contribution in [3.05, 3.63) is 83.3 Å². The fourth-order valence-electron chi connectivity index (χ4n) is 3.16. The maximum absolute atomic E-state index is 13.1. The highest BCUT2D eigenvalue weighted by atomic mass is 16.1. The molecule has 0 saturated carbocycles. The number of hydrogen-bond acceptors (Lipinski definition) is 4. The highest BCUT2D eigenvalue weighted by Gasteiger charge is 2.33. The number of fused-ring (bicyclic) bond motifs is 1. The lowest BCUT2D eigenvalue weighted by Crippen LogP contribution is -2.31. The van der Waals surface area contributed by atoms with Gasteiger partial charge in [0.05, 0.1) is 5.57 Å². The number of allylic oxidation sites excluding steroid dienone is 1. The fraction of sp³-hybridized carbons (Fsp3) is 0.150. The molecule has 2 heterocycles. The van der Waals surface area contributed by atoms with E-state index >= 15 is 0 Å². The van der Waals surface area contributed by atoms with Crippen LogP contribution in [0.3, 0.4) is 0 Å². The zero-order chi connectivity index (χ0) is 18.1. The van der Waals surface area contributed by atoms with Crippen LogP contribution >= 0.6 is 0 Å². The number of aryl methyl sites for hydroxylation is 1. The number of nitrogens with zero attached hydrogens (tertiary/aromatic N) is 3. The molecule has 0 saturated heterocycles. The predicted octanol–water partition coefficient (Wildman–Crippen LogP) is 3.51. The molecule has 2 N–H and O–H groups in total. The average Bonchev–Trinajstić information content (AvgIpc) is 3.10. The van der Waals surface area contributed by atoms with Gasteiger partial charge in [-0.15, -0.1) is 0 Å². The number of aromatic nitrogens is 3. The summed E-state index contributed by atoms with van der Waals surface area (Å²) in [5, 5.41) is 10.5. The number of nitrogens with one attached hydrogen (secondary N) is 2. The molecule has 1 unspecified atom stereocenters. The van der Waals surface area contributed by atoms with E-state index in [-0.39, 0.29) is 11.9 Å². The molecule has 6 nitrogen and oxygen atoms in total. The first kappa shape index (κ1) is 16.1. The first-order chi connectivity index (χ1) is 12.6. The zero-order valence-electron chi connectivity index (χ0n) is 14.6. The van der Waals surface area contributed by atoms with E-state index in [1.165, 1.54) is 6.33 Å². The quantitative estimate of drug-likeness (QED) is 0.762. The van der Waals surface area contributed by atoms with Gasteiger partial charge in [-0.2, -0.15) is 10.1 Å². The van der Waals surface area contributed by atoms with Crippen LogP contribution in [0.25, 0.3) is 0 Å². The minimum absolute atomic E-state index is 0.159. The van der Waals surface area contributed by atoms with Crippen LogP contribution in [0.5, 0.6) is 0 Å². The standard InChI is InChI=1S/C20H19N5O/c1-13-8-10-15(11-9-13)18-17(14(2)23-20-21-12-22-25(18)20)19(26)24-16-6-4-3-5-7-16/h3-12,18H,1-2H3,(H,24,26)(H,21,22,23). The highest BCUT2D eigenvalue weighted by molar-refractivity contribution is 6.06. The molecule has 0 fully saturated rings. The summed E-state index contributed by atoms with van der Waals surface area (Å²) >= 11 is 0. The first-order valence-electron chi connectivity index (χ1n) is 8.44. The number of amides is 1. The van der Waals surface area contributed by atoms with Crippen LogP contribution in [-0.2, 0) is 4.79 Å². The van der Waals surface area contributed by atoms with Crippen molar-refractivity contribution in [2.45, 2.75) is 19.9 Å². The van der Waals surface area contributed by atoms with Crippen molar-refractivity contribution in [1.29, 1.82) is 0 Å². The minimum Gasteiger partial charge on any atom is -0.328 e. The van der Waals surface area contributed by atoms with E-state index in [0.717, 1.165) is 22.5 Å². The molecule has 1 atom stereocenters. The van der Waals surface area contributed by atoms with Gasteiger partial charge in [0.25, 0.3) is 5.91 Å². The molecule has 1 aliphatic heterocycles. The van der Waals surface area contributed by atoms with Gasteiger partial charge in [0, 0.05) is 11.4 Å². The second-order valence-corrected chi connectivity index (χ2v) is 6.33. The molecular weight excluding hydrogens is 326 g/mol. The summed E-state index contributed by atoms with van der Waals surface area (Å²) in [6.07, 6.45) is 1.49. The first-order valence-corrected chi connectivity index (χ1v) is 8.44. The Balaban J connectivity index is 1.77. The number of benzene rings is 2. The number of rotatable bonds is 3. The normalized spacial score (nSPS) is 16.0. The van der Waals surface area contributed by atoms with Gasteiger partial charge in [-0.1, -0.05) is 48.0 Å². The third kappa shape index (κ3) is 2.86. The summed E-state index contributed by atoms with van der Waals surface area (Å²) in [5.41, 5.74) is 4.30. The number of para-hydroxylation sites is 1. The Hall–Kier alpha value is -3.41. The number of carbonyl (C=O) groups is 1. The third-order valence-electron chi connectivity index (χ3n) is 4.46. The van der Waals surface area contributed by atoms with Crippen LogP contribution in [0.1, 0.15) is 24.1 Å². The molecule has 0 aliphatic carbocycles. The maximum Gasteiger partial charge on any atom is 0.255 e. The molecule has 4 rings (SSSR count). The van der Waals surface area contributed by atoms with Gasteiger partial charge in [0.2, 0.25) is 5.95 Å². The average molecular weight is 345 g/mol. The van der Waals surface area contributed by atoms with Crippen molar-refractivity contribution in [2.24, 2.45) is 0 Å². The molecule has 3 aromatic rings. The van der Waals surface area contributed by atoms with Crippen molar-refractivity contribution in [3.63, 3.8) is 0 Å². The lowest BCUT2D eigenvalue weighted by molar-refractivity contribution is -0.113. The van der Waals surface area contributed by atoms with Gasteiger partial charge in [-0.05, 0) is 31.5 Å². The van der Waals surface area contributed by atoms with Crippen LogP contribution < -0.4 is 10.6 Å². The van der Waals surface area contributed by atoms with Gasteiger partial charge in [0.15, 0.2) is 0 Å². The van der Waals surface area contributed by atoms with Gasteiger partial charge < -0.3 is 10.6 Å². The Morgan fingerprint density at radius 1 is 1.08 bits per heavy atom. The monoisotopic (exact) mass is 345 g/mol. The Kier molecular flexibility index (Phi) is 4.01. The molecule has 26 heavy (non-hydrogen) atoms. The molecule has 1 amide bonds. The van der Waals surface area contributed by atoms with Crippen LogP contribution in [0, 0.1) is 6.92 Å². The third-order valence-corrected chi connectivity index (χ3v) is 4.46. The largest absolute Gasteiger partial charge is 0.328 e. The Morgan fingerprint density at radius 3 is 2.54 bits per heavy atom. The topological polar surface area (TPSA) is 71.8 Å². The SMILES string of the molecule is CC1=C(C(=O)Nc2ccccc2)C(c2ccc(C)cc2)n2ncnc2N1. The van der Waals surface area contributed by atoms with Crippen molar-refractivity contribution < 1.29 is 4.79 Å². The molecule has 0 radical (unpaired) electrons. The summed E-state index contributed by atoms with van der Waals surface area (Å²) < 4.78 is 1.75. The lowest BCUT2D eigenvalue weighted by Gasteiger charge is -2.28. The Bertz CT molecular complexity index is 973. The number of hydrogen-bond donors (Lipinski definition) is 2. The second kappa shape index (κ2) is 6.48. The summed E-state index contributed by atoms with van der Waals surface area (Å²) in [6.45, 7) is 3.93. The lowest BCUT2D eigenvalue weighted by atomic mass is 9.94. The van der Waals surface area contributed by atoms with E-state index in [2.05, 4.69) is 20.7 Å². The van der Waals surface area contributed by atoms with Gasteiger partial charge >= 0.3 is 0 Å². The highest BCUT2D eigenvalue weighted by Crippen LogP contribution is 2.35. The van der Waals surface area contributed by atoms with E-state index in [1.54, 1.807) is 4.68 Å². The smallest absolute Gasteiger partial charge is 0.255 e. The molecule has 130 valence electrons. The number of carbonyl (C=O) groups excluding carboxylic acids is 1. The molecule has 0 bridgehead atoms. The Labute approximate surface area is 151 Å². The molecular formula is C20H19N5O. The van der Waals surface area contributed by atoms with E-state index in [0.29, 0.717) is 11.5 Å². The van der Waals surface area contributed by atoms with E-state index < -0.39 is 0 Å². The zero-order valence-corrected chi connectivity index (χ0v) is 14.6. The summed E-state index contributed by atoms with van der Waals surface area (Å²) in [7, 11) is 0. The Morgan fingerprint density at radius 2 is 1.81 bits per heavy atom.